The number of nitrogens with one attached hydrogen (secondary N) is 1. The fourth-order valence-electron chi connectivity index (χ4n) is 2.00. The van der Waals surface area contributed by atoms with Crippen molar-refractivity contribution in [1.29, 1.82) is 0 Å². The van der Waals surface area contributed by atoms with E-state index in [4.69, 9.17) is 4.74 Å². The van der Waals surface area contributed by atoms with Gasteiger partial charge in [-0.05, 0) is 18.1 Å². The fourth-order valence-corrected chi connectivity index (χ4v) is 2.00. The summed E-state index contributed by atoms with van der Waals surface area (Å²) < 4.78 is 7.20. The van der Waals surface area contributed by atoms with Gasteiger partial charge in [-0.15, -0.1) is 0 Å². The molecule has 1 aromatic heterocycles. The van der Waals surface area contributed by atoms with E-state index in [1.807, 2.05) is 12.5 Å². The molecule has 0 aliphatic carbocycles. The topological polar surface area (TPSA) is 39.1 Å². The van der Waals surface area contributed by atoms with Gasteiger partial charge in [-0.3, -0.25) is 0 Å². The Bertz CT molecular complexity index is 508. The van der Waals surface area contributed by atoms with Crippen LogP contribution in [0.3, 0.4) is 0 Å². The largest absolute Gasteiger partial charge is 0.383 e. The van der Waals surface area contributed by atoms with Crippen LogP contribution in [0.15, 0.2) is 36.8 Å². The van der Waals surface area contributed by atoms with Crippen molar-refractivity contribution in [2.45, 2.75) is 20.0 Å². The summed E-state index contributed by atoms with van der Waals surface area (Å²) in [5, 5.41) is 3.34. The molecule has 0 saturated heterocycles. The van der Waals surface area contributed by atoms with Gasteiger partial charge in [-0.25, -0.2) is 4.98 Å². The molecule has 4 nitrogen and oxygen atoms in total. The molecule has 4 heteroatoms. The highest BCUT2D eigenvalue weighted by molar-refractivity contribution is 5.26. The van der Waals surface area contributed by atoms with Gasteiger partial charge in [0.15, 0.2) is 0 Å². The van der Waals surface area contributed by atoms with Gasteiger partial charge in [0, 0.05) is 32.9 Å². The molecule has 1 aromatic carbocycles. The second-order valence-electron chi connectivity index (χ2n) is 4.61. The Balaban J connectivity index is 1.98. The Morgan fingerprint density at radius 2 is 2.16 bits per heavy atom. The van der Waals surface area contributed by atoms with Crippen LogP contribution in [0.5, 0.6) is 0 Å². The van der Waals surface area contributed by atoms with Gasteiger partial charge in [0.05, 0.1) is 18.6 Å². The predicted octanol–water partition coefficient (Wildman–Crippen LogP) is 1.98. The fraction of sp³-hybridized carbons (Fsp3) is 0.400. The number of aromatic nitrogens is 2. The van der Waals surface area contributed by atoms with Gasteiger partial charge in [0.2, 0.25) is 0 Å². The monoisotopic (exact) mass is 259 g/mol. The van der Waals surface area contributed by atoms with Gasteiger partial charge < -0.3 is 14.6 Å². The zero-order chi connectivity index (χ0) is 13.5. The molecular formula is C15H21N3O. The summed E-state index contributed by atoms with van der Waals surface area (Å²) in [6, 6.07) is 8.45. The maximum Gasteiger partial charge on any atom is 0.0951 e. The molecule has 0 fully saturated rings. The van der Waals surface area contributed by atoms with E-state index in [0.717, 1.165) is 26.2 Å². The standard InChI is InChI=1S/C15H21N3O/c1-13-5-3-4-6-14(13)11-18-12-17-10-15(18)9-16-7-8-19-2/h3-6,10,12,16H,7-9,11H2,1-2H3. The summed E-state index contributed by atoms with van der Waals surface area (Å²) in [6.45, 7) is 5.41. The molecule has 1 heterocycles. The van der Waals surface area contributed by atoms with E-state index >= 15 is 0 Å². The summed E-state index contributed by atoms with van der Waals surface area (Å²) >= 11 is 0. The van der Waals surface area contributed by atoms with Crippen molar-refractivity contribution in [2.24, 2.45) is 0 Å². The number of nitrogens with zero attached hydrogens (tertiary/aromatic N) is 2. The average Bonchev–Trinajstić information content (AvgIpc) is 2.85. The minimum Gasteiger partial charge on any atom is -0.383 e. The lowest BCUT2D eigenvalue weighted by molar-refractivity contribution is 0.199. The maximum absolute atomic E-state index is 5.02. The quantitative estimate of drug-likeness (QED) is 0.773. The number of benzene rings is 1. The van der Waals surface area contributed by atoms with Gasteiger partial charge in [-0.2, -0.15) is 0 Å². The number of methoxy groups -OCH3 is 1. The number of hydrogen-bond donors (Lipinski definition) is 1. The molecule has 0 saturated carbocycles. The SMILES string of the molecule is COCCNCc1cncn1Cc1ccccc1C. The molecule has 2 aromatic rings. The number of hydrogen-bond acceptors (Lipinski definition) is 3. The first-order valence-corrected chi connectivity index (χ1v) is 6.54. The van der Waals surface area contributed by atoms with Crippen LogP contribution in [0.25, 0.3) is 0 Å². The Morgan fingerprint density at radius 3 is 2.95 bits per heavy atom. The minimum absolute atomic E-state index is 0.728. The molecule has 0 spiro atoms. The van der Waals surface area contributed by atoms with Crippen molar-refractivity contribution in [2.75, 3.05) is 20.3 Å². The third kappa shape index (κ3) is 3.91. The van der Waals surface area contributed by atoms with Crippen molar-refractivity contribution in [3.63, 3.8) is 0 Å². The third-order valence-electron chi connectivity index (χ3n) is 3.19. The second-order valence-corrected chi connectivity index (χ2v) is 4.61. The van der Waals surface area contributed by atoms with E-state index in [1.54, 1.807) is 7.11 Å². The Kier molecular flexibility index (Phi) is 5.12. The van der Waals surface area contributed by atoms with Crippen LogP contribution >= 0.6 is 0 Å². The molecule has 19 heavy (non-hydrogen) atoms. The summed E-state index contributed by atoms with van der Waals surface area (Å²) in [4.78, 5) is 4.24. The average molecular weight is 259 g/mol. The highest BCUT2D eigenvalue weighted by Gasteiger charge is 2.04. The molecular weight excluding hydrogens is 238 g/mol. The highest BCUT2D eigenvalue weighted by atomic mass is 16.5. The zero-order valence-corrected chi connectivity index (χ0v) is 11.6. The van der Waals surface area contributed by atoms with E-state index in [0.29, 0.717) is 0 Å². The smallest absolute Gasteiger partial charge is 0.0951 e. The summed E-state index contributed by atoms with van der Waals surface area (Å²) in [5.41, 5.74) is 3.84. The van der Waals surface area contributed by atoms with Crippen LogP contribution in [0.2, 0.25) is 0 Å². The molecule has 0 amide bonds. The highest BCUT2D eigenvalue weighted by Crippen LogP contribution is 2.10. The van der Waals surface area contributed by atoms with Crippen LogP contribution in [0, 0.1) is 6.92 Å². The van der Waals surface area contributed by atoms with Crippen molar-refractivity contribution in [1.82, 2.24) is 14.9 Å². The summed E-state index contributed by atoms with van der Waals surface area (Å²) in [6.07, 6.45) is 3.80. The van der Waals surface area contributed by atoms with Gasteiger partial charge in [0.1, 0.15) is 0 Å². The molecule has 0 aliphatic rings. The van der Waals surface area contributed by atoms with Crippen LogP contribution in [0.1, 0.15) is 16.8 Å². The van der Waals surface area contributed by atoms with E-state index in [1.165, 1.54) is 16.8 Å². The van der Waals surface area contributed by atoms with Crippen molar-refractivity contribution < 1.29 is 4.74 Å². The van der Waals surface area contributed by atoms with Gasteiger partial charge in [0.25, 0.3) is 0 Å². The molecule has 1 N–H and O–H groups in total. The molecule has 0 radical (unpaired) electrons. The zero-order valence-electron chi connectivity index (χ0n) is 11.6. The van der Waals surface area contributed by atoms with Crippen LogP contribution in [-0.4, -0.2) is 29.8 Å². The molecule has 102 valence electrons. The number of rotatable bonds is 7. The number of ether oxygens (including phenoxy) is 1. The molecule has 0 bridgehead atoms. The van der Waals surface area contributed by atoms with E-state index < -0.39 is 0 Å². The predicted molar refractivity (Wildman–Crippen MR) is 76.1 cm³/mol. The maximum atomic E-state index is 5.02. The Morgan fingerprint density at radius 1 is 1.32 bits per heavy atom. The first kappa shape index (κ1) is 13.8. The molecule has 0 atom stereocenters. The van der Waals surface area contributed by atoms with Crippen molar-refractivity contribution in [3.05, 3.63) is 53.6 Å². The lowest BCUT2D eigenvalue weighted by Gasteiger charge is -2.11. The first-order chi connectivity index (χ1) is 9.31. The van der Waals surface area contributed by atoms with Crippen molar-refractivity contribution >= 4 is 0 Å². The van der Waals surface area contributed by atoms with Gasteiger partial charge >= 0.3 is 0 Å². The van der Waals surface area contributed by atoms with E-state index in [-0.39, 0.29) is 0 Å². The molecule has 0 unspecified atom stereocenters. The van der Waals surface area contributed by atoms with E-state index in [9.17, 15) is 0 Å². The first-order valence-electron chi connectivity index (χ1n) is 6.54. The van der Waals surface area contributed by atoms with Crippen LogP contribution < -0.4 is 5.32 Å². The lowest BCUT2D eigenvalue weighted by Crippen LogP contribution is -2.20. The van der Waals surface area contributed by atoms with Crippen molar-refractivity contribution in [3.8, 4) is 0 Å². The van der Waals surface area contributed by atoms with Crippen LogP contribution in [0.4, 0.5) is 0 Å². The normalized spacial score (nSPS) is 10.8. The number of aryl methyl sites for hydroxylation is 1. The number of imidazole rings is 1. The Labute approximate surface area is 114 Å². The Hall–Kier alpha value is -1.65. The summed E-state index contributed by atoms with van der Waals surface area (Å²) in [7, 11) is 1.71. The van der Waals surface area contributed by atoms with E-state index in [2.05, 4.69) is 46.1 Å². The summed E-state index contributed by atoms with van der Waals surface area (Å²) in [5.74, 6) is 0. The molecule has 0 aliphatic heterocycles. The minimum atomic E-state index is 0.728. The molecule has 2 rings (SSSR count). The van der Waals surface area contributed by atoms with Gasteiger partial charge in [-0.1, -0.05) is 24.3 Å². The second kappa shape index (κ2) is 7.07. The lowest BCUT2D eigenvalue weighted by atomic mass is 10.1. The van der Waals surface area contributed by atoms with Crippen LogP contribution in [-0.2, 0) is 17.8 Å². The third-order valence-corrected chi connectivity index (χ3v) is 3.19.